The monoisotopic (exact) mass is 391 g/mol. The van der Waals surface area contributed by atoms with E-state index in [0.717, 1.165) is 5.57 Å². The van der Waals surface area contributed by atoms with Crippen LogP contribution in [-0.4, -0.2) is 34.1 Å². The maximum absolute atomic E-state index is 12.2. The summed E-state index contributed by atoms with van der Waals surface area (Å²) in [6.07, 6.45) is -0.214. The Morgan fingerprint density at radius 3 is 2.38 bits per heavy atom. The lowest BCUT2D eigenvalue weighted by Gasteiger charge is -2.33. The highest BCUT2D eigenvalue weighted by Crippen LogP contribution is 2.27. The van der Waals surface area contributed by atoms with E-state index in [-0.39, 0.29) is 0 Å². The summed E-state index contributed by atoms with van der Waals surface area (Å²) in [6.45, 7) is 3.50. The highest BCUT2D eigenvalue weighted by atomic mass is 35.6. The lowest BCUT2D eigenvalue weighted by molar-refractivity contribution is -0.127. The van der Waals surface area contributed by atoms with Crippen molar-refractivity contribution in [2.45, 2.75) is 36.1 Å². The number of hydrogen-bond acceptors (Lipinski definition) is 4. The number of amides is 1. The fourth-order valence-corrected chi connectivity index (χ4v) is 2.44. The first-order valence-electron chi connectivity index (χ1n) is 7.16. The van der Waals surface area contributed by atoms with Crippen LogP contribution in [0.3, 0.4) is 0 Å². The largest absolute Gasteiger partial charge is 0.451 e. The average molecular weight is 393 g/mol. The molecule has 1 aliphatic rings. The van der Waals surface area contributed by atoms with Gasteiger partial charge in [-0.15, -0.1) is 0 Å². The molecule has 8 heteroatoms. The molecule has 1 heterocycles. The van der Waals surface area contributed by atoms with Crippen molar-refractivity contribution >= 4 is 46.7 Å². The van der Waals surface area contributed by atoms with Crippen LogP contribution in [0.25, 0.3) is 0 Å². The molecule has 0 spiro atoms. The fraction of sp³-hybridized carbons (Fsp3) is 0.375. The number of nitrogens with one attached hydrogen (secondary N) is 1. The normalized spacial score (nSPS) is 24.0. The number of ether oxygens (including phenoxy) is 2. The second-order valence-electron chi connectivity index (χ2n) is 5.34. The molecule has 24 heavy (non-hydrogen) atoms. The quantitative estimate of drug-likeness (QED) is 0.486. The van der Waals surface area contributed by atoms with Crippen molar-refractivity contribution in [1.29, 1.82) is 0 Å². The summed E-state index contributed by atoms with van der Waals surface area (Å²) in [5, 5.41) is 2.45. The molecule has 1 N–H and O–H groups in total. The summed E-state index contributed by atoms with van der Waals surface area (Å²) in [5.41, 5.74) is 1.18. The Hall–Kier alpha value is -1.27. The first-order chi connectivity index (χ1) is 11.2. The van der Waals surface area contributed by atoms with Crippen LogP contribution in [0.4, 0.5) is 0 Å². The molecule has 1 aromatic rings. The number of benzene rings is 1. The summed E-state index contributed by atoms with van der Waals surface area (Å²) < 4.78 is 9.03. The zero-order chi connectivity index (χ0) is 17.9. The molecule has 0 unspecified atom stereocenters. The topological polar surface area (TPSA) is 64.6 Å². The van der Waals surface area contributed by atoms with Gasteiger partial charge >= 0.3 is 5.97 Å². The van der Waals surface area contributed by atoms with Crippen molar-refractivity contribution in [3.8, 4) is 0 Å². The maximum Gasteiger partial charge on any atom is 0.338 e. The van der Waals surface area contributed by atoms with Crippen LogP contribution in [0, 0.1) is 0 Å². The first-order valence-corrected chi connectivity index (χ1v) is 8.29. The molecule has 0 fully saturated rings. The van der Waals surface area contributed by atoms with Gasteiger partial charge in [0, 0.05) is 0 Å². The van der Waals surface area contributed by atoms with Crippen LogP contribution in [0.5, 0.6) is 0 Å². The van der Waals surface area contributed by atoms with Gasteiger partial charge in [0.2, 0.25) is 0 Å². The number of carbonyl (C=O) groups excluding carboxylic acids is 2. The average Bonchev–Trinajstić information content (AvgIpc) is 2.50. The van der Waals surface area contributed by atoms with E-state index in [2.05, 4.69) is 5.32 Å². The van der Waals surface area contributed by atoms with Gasteiger partial charge in [-0.25, -0.2) is 4.79 Å². The van der Waals surface area contributed by atoms with Crippen LogP contribution in [-0.2, 0) is 14.3 Å². The van der Waals surface area contributed by atoms with E-state index in [0.29, 0.717) is 5.56 Å². The van der Waals surface area contributed by atoms with Gasteiger partial charge in [0.05, 0.1) is 11.7 Å². The van der Waals surface area contributed by atoms with Crippen molar-refractivity contribution in [3.05, 3.63) is 47.5 Å². The fourth-order valence-electron chi connectivity index (χ4n) is 2.28. The van der Waals surface area contributed by atoms with E-state index < -0.39 is 34.1 Å². The summed E-state index contributed by atoms with van der Waals surface area (Å²) in [7, 11) is 0. The molecule has 130 valence electrons. The lowest BCUT2D eigenvalue weighted by atomic mass is 10.0. The van der Waals surface area contributed by atoms with Crippen molar-refractivity contribution in [3.63, 3.8) is 0 Å². The molecule has 0 aromatic heterocycles. The van der Waals surface area contributed by atoms with E-state index in [1.165, 1.54) is 0 Å². The van der Waals surface area contributed by atoms with Gasteiger partial charge in [0.15, 0.2) is 0 Å². The van der Waals surface area contributed by atoms with Gasteiger partial charge in [-0.05, 0) is 37.6 Å². The summed E-state index contributed by atoms with van der Waals surface area (Å²) in [5.74, 6) is -1.25. The molecule has 0 saturated carbocycles. The van der Waals surface area contributed by atoms with Gasteiger partial charge in [0.1, 0.15) is 12.3 Å². The molecule has 0 bridgehead atoms. The lowest BCUT2D eigenvalue weighted by Crippen LogP contribution is -2.48. The summed E-state index contributed by atoms with van der Waals surface area (Å²) >= 11 is 16.5. The highest BCUT2D eigenvalue weighted by Gasteiger charge is 2.36. The molecule has 1 aromatic carbocycles. The van der Waals surface area contributed by atoms with Gasteiger partial charge in [-0.1, -0.05) is 53.0 Å². The Labute approximate surface area is 154 Å². The molecule has 2 rings (SSSR count). The minimum absolute atomic E-state index is 0.448. The van der Waals surface area contributed by atoms with E-state index >= 15 is 0 Å². The SMILES string of the molecule is CC1=C[C@@H](NC(=O)C(Cl)(Cl)Cl)O[C@H](C)[C@H]1OC(=O)c1ccccc1. The van der Waals surface area contributed by atoms with Crippen molar-refractivity contribution < 1.29 is 19.1 Å². The van der Waals surface area contributed by atoms with E-state index in [1.54, 1.807) is 44.2 Å². The molecule has 3 atom stereocenters. The molecule has 1 amide bonds. The minimum Gasteiger partial charge on any atom is -0.451 e. The van der Waals surface area contributed by atoms with E-state index in [4.69, 9.17) is 44.3 Å². The van der Waals surface area contributed by atoms with Crippen molar-refractivity contribution in [2.24, 2.45) is 0 Å². The van der Waals surface area contributed by atoms with Crippen LogP contribution in [0.1, 0.15) is 24.2 Å². The number of halogens is 3. The van der Waals surface area contributed by atoms with Crippen LogP contribution < -0.4 is 5.32 Å². The Morgan fingerprint density at radius 1 is 1.21 bits per heavy atom. The zero-order valence-corrected chi connectivity index (χ0v) is 15.2. The third-order valence-electron chi connectivity index (χ3n) is 3.42. The zero-order valence-electron chi connectivity index (χ0n) is 13.0. The van der Waals surface area contributed by atoms with Gasteiger partial charge in [-0.2, -0.15) is 0 Å². The Balaban J connectivity index is 2.05. The van der Waals surface area contributed by atoms with Crippen molar-refractivity contribution in [2.75, 3.05) is 0 Å². The summed E-state index contributed by atoms with van der Waals surface area (Å²) in [4.78, 5) is 23.9. The van der Waals surface area contributed by atoms with Gasteiger partial charge in [-0.3, -0.25) is 4.79 Å². The standard InChI is InChI=1S/C16H16Cl3NO4/c1-9-8-12(20-15(22)16(17,18)19)23-10(2)13(9)24-14(21)11-6-4-3-5-7-11/h3-8,10,12-13H,1-2H3,(H,20,22)/t10-,12+,13+/m1/s1. The number of esters is 1. The smallest absolute Gasteiger partial charge is 0.338 e. The molecular weight excluding hydrogens is 377 g/mol. The molecule has 5 nitrogen and oxygen atoms in total. The number of carbonyl (C=O) groups is 2. The Bertz CT molecular complexity index is 642. The van der Waals surface area contributed by atoms with Crippen molar-refractivity contribution in [1.82, 2.24) is 5.32 Å². The highest BCUT2D eigenvalue weighted by molar-refractivity contribution is 6.76. The van der Waals surface area contributed by atoms with Crippen LogP contribution in [0.15, 0.2) is 42.0 Å². The third-order valence-corrected chi connectivity index (χ3v) is 3.94. The predicted molar refractivity (Wildman–Crippen MR) is 92.2 cm³/mol. The van der Waals surface area contributed by atoms with Crippen LogP contribution in [0.2, 0.25) is 0 Å². The molecule has 0 radical (unpaired) electrons. The number of hydrogen-bond donors (Lipinski definition) is 1. The van der Waals surface area contributed by atoms with E-state index in [9.17, 15) is 9.59 Å². The molecule has 1 aliphatic heterocycles. The maximum atomic E-state index is 12.2. The molecule has 0 saturated heterocycles. The Morgan fingerprint density at radius 2 is 1.83 bits per heavy atom. The third kappa shape index (κ3) is 4.86. The van der Waals surface area contributed by atoms with Gasteiger partial charge < -0.3 is 14.8 Å². The summed E-state index contributed by atoms with van der Waals surface area (Å²) in [6, 6.07) is 8.65. The predicted octanol–water partition coefficient (Wildman–Crippen LogP) is 3.39. The number of alkyl halides is 3. The van der Waals surface area contributed by atoms with E-state index in [1.807, 2.05) is 6.07 Å². The molecular formula is C16H16Cl3NO4. The molecule has 0 aliphatic carbocycles. The van der Waals surface area contributed by atoms with Crippen LogP contribution >= 0.6 is 34.8 Å². The Kier molecular flexibility index (Phi) is 6.15. The van der Waals surface area contributed by atoms with Gasteiger partial charge in [0.25, 0.3) is 9.70 Å². The number of rotatable bonds is 3. The second-order valence-corrected chi connectivity index (χ2v) is 7.62. The first kappa shape index (κ1) is 19.1. The minimum atomic E-state index is -2.08. The second kappa shape index (κ2) is 7.74.